The van der Waals surface area contributed by atoms with Crippen molar-refractivity contribution in [3.05, 3.63) is 30.1 Å². The van der Waals surface area contributed by atoms with Crippen LogP contribution in [0.25, 0.3) is 11.0 Å². The zero-order chi connectivity index (χ0) is 11.5. The minimum absolute atomic E-state index is 0.00884. The van der Waals surface area contributed by atoms with Crippen molar-refractivity contribution in [2.24, 2.45) is 0 Å². The van der Waals surface area contributed by atoms with Crippen molar-refractivity contribution in [3.8, 4) is 0 Å². The van der Waals surface area contributed by atoms with E-state index in [9.17, 15) is 9.59 Å². The summed E-state index contributed by atoms with van der Waals surface area (Å²) in [7, 11) is 1.31. The van der Waals surface area contributed by atoms with Gasteiger partial charge in [-0.15, -0.1) is 0 Å². The SMILES string of the molecule is COC(=O)Cn1c(C=O)nc2ccccc21. The van der Waals surface area contributed by atoms with Gasteiger partial charge in [-0.25, -0.2) is 4.98 Å². The van der Waals surface area contributed by atoms with Crippen LogP contribution in [0.5, 0.6) is 0 Å². The van der Waals surface area contributed by atoms with E-state index in [1.807, 2.05) is 12.1 Å². The molecule has 0 N–H and O–H groups in total. The molecule has 1 heterocycles. The van der Waals surface area contributed by atoms with Gasteiger partial charge in [0.1, 0.15) is 6.54 Å². The van der Waals surface area contributed by atoms with E-state index in [-0.39, 0.29) is 12.4 Å². The van der Waals surface area contributed by atoms with Crippen molar-refractivity contribution in [2.45, 2.75) is 6.54 Å². The number of fused-ring (bicyclic) bond motifs is 1. The van der Waals surface area contributed by atoms with E-state index < -0.39 is 5.97 Å². The number of aldehydes is 1. The average Bonchev–Trinajstić information content (AvgIpc) is 2.67. The molecule has 0 bridgehead atoms. The molecule has 1 aromatic carbocycles. The summed E-state index contributed by atoms with van der Waals surface area (Å²) in [5, 5.41) is 0. The molecular formula is C11H10N2O3. The fourth-order valence-electron chi connectivity index (χ4n) is 1.54. The van der Waals surface area contributed by atoms with Gasteiger partial charge in [0.25, 0.3) is 0 Å². The van der Waals surface area contributed by atoms with Crippen LogP contribution in [0.15, 0.2) is 24.3 Å². The van der Waals surface area contributed by atoms with Crippen LogP contribution in [0.2, 0.25) is 0 Å². The number of benzene rings is 1. The smallest absolute Gasteiger partial charge is 0.325 e. The van der Waals surface area contributed by atoms with E-state index in [2.05, 4.69) is 9.72 Å². The monoisotopic (exact) mass is 218 g/mol. The van der Waals surface area contributed by atoms with E-state index in [4.69, 9.17) is 0 Å². The van der Waals surface area contributed by atoms with Crippen molar-refractivity contribution in [3.63, 3.8) is 0 Å². The number of imidazole rings is 1. The molecule has 5 heteroatoms. The molecule has 5 nitrogen and oxygen atoms in total. The molecule has 82 valence electrons. The van der Waals surface area contributed by atoms with Crippen LogP contribution >= 0.6 is 0 Å². The zero-order valence-corrected chi connectivity index (χ0v) is 8.71. The Labute approximate surface area is 91.6 Å². The van der Waals surface area contributed by atoms with Gasteiger partial charge >= 0.3 is 5.97 Å². The summed E-state index contributed by atoms with van der Waals surface area (Å²) in [6.07, 6.45) is 0.628. The Morgan fingerprint density at radius 3 is 2.94 bits per heavy atom. The van der Waals surface area contributed by atoms with Crippen LogP contribution in [0.1, 0.15) is 10.6 Å². The van der Waals surface area contributed by atoms with Gasteiger partial charge in [-0.05, 0) is 12.1 Å². The van der Waals surface area contributed by atoms with Crippen LogP contribution < -0.4 is 0 Å². The number of nitrogens with zero attached hydrogens (tertiary/aromatic N) is 2. The third kappa shape index (κ3) is 1.67. The largest absolute Gasteiger partial charge is 0.468 e. The second-order valence-corrected chi connectivity index (χ2v) is 3.24. The Kier molecular flexibility index (Phi) is 2.68. The number of rotatable bonds is 3. The number of carbonyl (C=O) groups is 2. The highest BCUT2D eigenvalue weighted by molar-refractivity contribution is 5.84. The number of esters is 1. The highest BCUT2D eigenvalue weighted by atomic mass is 16.5. The maximum atomic E-state index is 11.2. The van der Waals surface area contributed by atoms with Gasteiger partial charge in [-0.3, -0.25) is 9.59 Å². The minimum Gasteiger partial charge on any atom is -0.468 e. The lowest BCUT2D eigenvalue weighted by Crippen LogP contribution is -2.13. The third-order valence-corrected chi connectivity index (χ3v) is 2.30. The van der Waals surface area contributed by atoms with Crippen molar-refractivity contribution in [2.75, 3.05) is 7.11 Å². The van der Waals surface area contributed by atoms with Gasteiger partial charge in [0.15, 0.2) is 12.1 Å². The summed E-state index contributed by atoms with van der Waals surface area (Å²) >= 11 is 0. The fourth-order valence-corrected chi connectivity index (χ4v) is 1.54. The molecule has 2 aromatic rings. The summed E-state index contributed by atoms with van der Waals surface area (Å²) in [6, 6.07) is 7.24. The normalized spacial score (nSPS) is 10.3. The number of methoxy groups -OCH3 is 1. The standard InChI is InChI=1S/C11H10N2O3/c1-16-11(15)6-13-9-5-3-2-4-8(9)12-10(13)7-14/h2-5,7H,6H2,1H3. The number of aromatic nitrogens is 2. The van der Waals surface area contributed by atoms with E-state index in [0.717, 1.165) is 5.52 Å². The zero-order valence-electron chi connectivity index (χ0n) is 8.71. The maximum Gasteiger partial charge on any atom is 0.325 e. The molecule has 0 fully saturated rings. The summed E-state index contributed by atoms with van der Waals surface area (Å²) in [5.41, 5.74) is 1.43. The second kappa shape index (κ2) is 4.14. The summed E-state index contributed by atoms with van der Waals surface area (Å²) < 4.78 is 6.10. The Morgan fingerprint density at radius 2 is 2.25 bits per heavy atom. The average molecular weight is 218 g/mol. The molecular weight excluding hydrogens is 208 g/mol. The van der Waals surface area contributed by atoms with Gasteiger partial charge in [0.2, 0.25) is 0 Å². The first-order valence-corrected chi connectivity index (χ1v) is 4.73. The van der Waals surface area contributed by atoms with Crippen LogP contribution in [0.4, 0.5) is 0 Å². The summed E-state index contributed by atoms with van der Waals surface area (Å²) in [6.45, 7) is -0.00884. The number of carbonyl (C=O) groups excluding carboxylic acids is 2. The molecule has 0 aliphatic heterocycles. The molecule has 0 aliphatic rings. The van der Waals surface area contributed by atoms with Gasteiger partial charge in [-0.1, -0.05) is 12.1 Å². The van der Waals surface area contributed by atoms with Crippen molar-refractivity contribution < 1.29 is 14.3 Å². The Hall–Kier alpha value is -2.17. The quantitative estimate of drug-likeness (QED) is 0.570. The lowest BCUT2D eigenvalue weighted by molar-refractivity contribution is -0.141. The predicted molar refractivity (Wildman–Crippen MR) is 57.1 cm³/mol. The van der Waals surface area contributed by atoms with Crippen LogP contribution in [0, 0.1) is 0 Å². The van der Waals surface area contributed by atoms with E-state index in [1.54, 1.807) is 12.1 Å². The molecule has 0 unspecified atom stereocenters. The summed E-state index contributed by atoms with van der Waals surface area (Å²) in [5.74, 6) is -0.183. The number of para-hydroxylation sites is 2. The first kappa shape index (κ1) is 10.4. The van der Waals surface area contributed by atoms with Gasteiger partial charge in [-0.2, -0.15) is 0 Å². The lowest BCUT2D eigenvalue weighted by Gasteiger charge is -2.03. The van der Waals surface area contributed by atoms with Gasteiger partial charge in [0, 0.05) is 0 Å². The molecule has 0 aliphatic carbocycles. The topological polar surface area (TPSA) is 61.2 Å². The van der Waals surface area contributed by atoms with E-state index in [0.29, 0.717) is 11.8 Å². The van der Waals surface area contributed by atoms with Crippen LogP contribution in [-0.4, -0.2) is 28.9 Å². The Balaban J connectivity index is 2.55. The minimum atomic E-state index is -0.411. The maximum absolute atomic E-state index is 11.2. The first-order chi connectivity index (χ1) is 7.76. The molecule has 1 aromatic heterocycles. The van der Waals surface area contributed by atoms with E-state index in [1.165, 1.54) is 11.7 Å². The molecule has 0 saturated carbocycles. The highest BCUT2D eigenvalue weighted by Gasteiger charge is 2.12. The summed E-state index contributed by atoms with van der Waals surface area (Å²) in [4.78, 5) is 26.1. The number of hydrogen-bond acceptors (Lipinski definition) is 4. The van der Waals surface area contributed by atoms with Gasteiger partial charge in [0.05, 0.1) is 18.1 Å². The van der Waals surface area contributed by atoms with Crippen molar-refractivity contribution in [1.82, 2.24) is 9.55 Å². The molecule has 0 atom stereocenters. The Morgan fingerprint density at radius 1 is 1.50 bits per heavy atom. The fraction of sp³-hybridized carbons (Fsp3) is 0.182. The highest BCUT2D eigenvalue weighted by Crippen LogP contribution is 2.14. The molecule has 0 amide bonds. The third-order valence-electron chi connectivity index (χ3n) is 2.30. The van der Waals surface area contributed by atoms with Crippen LogP contribution in [-0.2, 0) is 16.1 Å². The van der Waals surface area contributed by atoms with E-state index >= 15 is 0 Å². The molecule has 0 spiro atoms. The molecule has 2 rings (SSSR count). The lowest BCUT2D eigenvalue weighted by atomic mass is 10.3. The molecule has 0 radical (unpaired) electrons. The van der Waals surface area contributed by atoms with Crippen LogP contribution in [0.3, 0.4) is 0 Å². The van der Waals surface area contributed by atoms with Gasteiger partial charge < -0.3 is 9.30 Å². The first-order valence-electron chi connectivity index (χ1n) is 4.73. The number of hydrogen-bond donors (Lipinski definition) is 0. The predicted octanol–water partition coefficient (Wildman–Crippen LogP) is 1.02. The Bertz CT molecular complexity index is 545. The number of ether oxygens (including phenoxy) is 1. The van der Waals surface area contributed by atoms with Crippen molar-refractivity contribution >= 4 is 23.3 Å². The molecule has 0 saturated heterocycles. The van der Waals surface area contributed by atoms with Crippen molar-refractivity contribution in [1.29, 1.82) is 0 Å². The second-order valence-electron chi connectivity index (χ2n) is 3.24. The molecule has 16 heavy (non-hydrogen) atoms.